The molecule has 43 heavy (non-hydrogen) atoms. The van der Waals surface area contributed by atoms with E-state index in [2.05, 4.69) is 64.6 Å². The van der Waals surface area contributed by atoms with E-state index in [1.54, 1.807) is 14.4 Å². The summed E-state index contributed by atoms with van der Waals surface area (Å²) in [4.78, 5) is 7.00. The molecule has 0 fully saturated rings. The molecule has 0 N–H and O–H groups in total. The van der Waals surface area contributed by atoms with Gasteiger partial charge in [-0.15, -0.1) is 0 Å². The molecule has 8 rings (SSSR count). The maximum absolute atomic E-state index is 4.89. The minimum absolute atomic E-state index is 0.758. The second kappa shape index (κ2) is 9.59. The number of fused-ring (bicyclic) bond motifs is 3. The van der Waals surface area contributed by atoms with E-state index >= 15 is 0 Å². The smallest absolute Gasteiger partial charge is 0.137 e. The predicted molar refractivity (Wildman–Crippen MR) is 168 cm³/mol. The van der Waals surface area contributed by atoms with Gasteiger partial charge in [0.1, 0.15) is 33.1 Å². The zero-order valence-corrected chi connectivity index (χ0v) is 23.8. The Kier molecular flexibility index (Phi) is 5.54. The summed E-state index contributed by atoms with van der Waals surface area (Å²) >= 11 is 0. The molecule has 0 saturated heterocycles. The molecule has 0 unspecified atom stereocenters. The van der Waals surface area contributed by atoms with Gasteiger partial charge in [-0.3, -0.25) is 0 Å². The normalized spacial score (nSPS) is 11.6. The van der Waals surface area contributed by atoms with Gasteiger partial charge in [-0.1, -0.05) is 66.7 Å². The Bertz CT molecular complexity index is 2160. The quantitative estimate of drug-likeness (QED) is 0.242. The van der Waals surface area contributed by atoms with E-state index in [1.807, 2.05) is 69.7 Å². The molecule has 3 heterocycles. The molecule has 0 aliphatic carbocycles. The Labute approximate surface area is 246 Å². The average molecular weight is 563 g/mol. The lowest BCUT2D eigenvalue weighted by Crippen LogP contribution is -2.12. The van der Waals surface area contributed by atoms with Crippen LogP contribution in [0, 0.1) is 0 Å². The Hall–Kier alpha value is -5.90. The van der Waals surface area contributed by atoms with Gasteiger partial charge >= 0.3 is 0 Å². The second-order valence-electron chi connectivity index (χ2n) is 10.4. The zero-order valence-electron chi connectivity index (χ0n) is 23.8. The van der Waals surface area contributed by atoms with E-state index in [-0.39, 0.29) is 0 Å². The highest BCUT2D eigenvalue weighted by Crippen LogP contribution is 2.45. The first-order chi connectivity index (χ1) is 21.0. The lowest BCUT2D eigenvalue weighted by Gasteiger charge is -2.26. The summed E-state index contributed by atoms with van der Waals surface area (Å²) in [6, 6.07) is 35.0. The summed E-state index contributed by atoms with van der Waals surface area (Å²) < 4.78 is 0. The SMILES string of the molecule is Cn1nc2cccc(N(c3ccc(-c4ccccc4)c4nn(C)nc34)c3ccc(-c4ccccc4)c4nn(C)nc34)c2n1. The number of hydrogen-bond acceptors (Lipinski definition) is 7. The van der Waals surface area contributed by atoms with E-state index in [0.717, 1.165) is 72.4 Å². The van der Waals surface area contributed by atoms with Crippen molar-refractivity contribution in [3.05, 3.63) is 103 Å². The molecule has 5 aromatic carbocycles. The van der Waals surface area contributed by atoms with Crippen molar-refractivity contribution in [2.24, 2.45) is 21.1 Å². The van der Waals surface area contributed by atoms with Crippen LogP contribution < -0.4 is 4.90 Å². The van der Waals surface area contributed by atoms with Crippen molar-refractivity contribution >= 4 is 50.2 Å². The second-order valence-corrected chi connectivity index (χ2v) is 10.4. The Morgan fingerprint density at radius 1 is 0.395 bits per heavy atom. The summed E-state index contributed by atoms with van der Waals surface area (Å²) in [5.74, 6) is 0. The third kappa shape index (κ3) is 4.03. The molecule has 0 radical (unpaired) electrons. The van der Waals surface area contributed by atoms with Crippen LogP contribution in [0.4, 0.5) is 17.1 Å². The number of nitrogens with zero attached hydrogens (tertiary/aromatic N) is 10. The fraction of sp³-hybridized carbons (Fsp3) is 0.0909. The number of aromatic nitrogens is 9. The number of benzene rings is 5. The molecule has 8 aromatic rings. The summed E-state index contributed by atoms with van der Waals surface area (Å²) in [6.45, 7) is 0. The fourth-order valence-electron chi connectivity index (χ4n) is 5.82. The first kappa shape index (κ1) is 24.9. The van der Waals surface area contributed by atoms with Gasteiger partial charge in [0.2, 0.25) is 0 Å². The molecule has 3 aromatic heterocycles. The molecule has 0 saturated carbocycles. The molecule has 0 aliphatic rings. The topological polar surface area (TPSA) is 95.4 Å². The molecule has 0 atom stereocenters. The van der Waals surface area contributed by atoms with Crippen molar-refractivity contribution in [3.8, 4) is 22.3 Å². The van der Waals surface area contributed by atoms with Crippen molar-refractivity contribution in [2.75, 3.05) is 4.90 Å². The molecule has 0 bridgehead atoms. The predicted octanol–water partition coefficient (Wildman–Crippen LogP) is 6.34. The Morgan fingerprint density at radius 3 is 1.37 bits per heavy atom. The maximum atomic E-state index is 4.89. The van der Waals surface area contributed by atoms with Crippen LogP contribution in [0.15, 0.2) is 103 Å². The van der Waals surface area contributed by atoms with E-state index < -0.39 is 0 Å². The Morgan fingerprint density at radius 2 is 0.837 bits per heavy atom. The van der Waals surface area contributed by atoms with Crippen LogP contribution >= 0.6 is 0 Å². The molecule has 0 amide bonds. The lowest BCUT2D eigenvalue weighted by molar-refractivity contribution is 0.665. The minimum Gasteiger partial charge on any atom is -0.304 e. The van der Waals surface area contributed by atoms with Gasteiger partial charge in [-0.2, -0.15) is 45.0 Å². The van der Waals surface area contributed by atoms with E-state index in [4.69, 9.17) is 25.5 Å². The first-order valence-electron chi connectivity index (χ1n) is 13.9. The van der Waals surface area contributed by atoms with E-state index in [9.17, 15) is 0 Å². The van der Waals surface area contributed by atoms with Gasteiger partial charge < -0.3 is 4.90 Å². The van der Waals surface area contributed by atoms with Gasteiger partial charge in [0.05, 0.1) is 17.1 Å². The molecular weight excluding hydrogens is 536 g/mol. The van der Waals surface area contributed by atoms with E-state index in [1.165, 1.54) is 0 Å². The summed E-state index contributed by atoms with van der Waals surface area (Å²) in [6.07, 6.45) is 0. The van der Waals surface area contributed by atoms with Gasteiger partial charge in [-0.05, 0) is 47.5 Å². The van der Waals surface area contributed by atoms with Crippen LogP contribution in [0.3, 0.4) is 0 Å². The summed E-state index contributed by atoms with van der Waals surface area (Å²) in [7, 11) is 5.53. The fourth-order valence-corrected chi connectivity index (χ4v) is 5.82. The monoisotopic (exact) mass is 562 g/mol. The third-order valence-electron chi connectivity index (χ3n) is 7.62. The minimum atomic E-state index is 0.758. The number of aryl methyl sites for hydroxylation is 3. The van der Waals surface area contributed by atoms with Crippen LogP contribution in [0.25, 0.3) is 55.4 Å². The molecule has 0 spiro atoms. The van der Waals surface area contributed by atoms with Crippen LogP contribution in [0.5, 0.6) is 0 Å². The average Bonchev–Trinajstić information content (AvgIpc) is 3.73. The largest absolute Gasteiger partial charge is 0.304 e. The van der Waals surface area contributed by atoms with Crippen molar-refractivity contribution < 1.29 is 0 Å². The van der Waals surface area contributed by atoms with Crippen molar-refractivity contribution in [3.63, 3.8) is 0 Å². The van der Waals surface area contributed by atoms with Crippen LogP contribution in [0.1, 0.15) is 0 Å². The summed E-state index contributed by atoms with van der Waals surface area (Å²) in [5.41, 5.74) is 11.4. The molecule has 10 nitrogen and oxygen atoms in total. The third-order valence-corrected chi connectivity index (χ3v) is 7.62. The molecule has 0 aliphatic heterocycles. The van der Waals surface area contributed by atoms with Crippen molar-refractivity contribution in [1.82, 2.24) is 45.0 Å². The molecule has 208 valence electrons. The zero-order chi connectivity index (χ0) is 29.1. The van der Waals surface area contributed by atoms with Gasteiger partial charge in [0.25, 0.3) is 0 Å². The van der Waals surface area contributed by atoms with Gasteiger partial charge in [-0.25, -0.2) is 0 Å². The van der Waals surface area contributed by atoms with Crippen molar-refractivity contribution in [2.45, 2.75) is 0 Å². The summed E-state index contributed by atoms with van der Waals surface area (Å²) in [5, 5.41) is 28.8. The van der Waals surface area contributed by atoms with Crippen molar-refractivity contribution in [1.29, 1.82) is 0 Å². The number of anilines is 3. The molecular formula is C33H26N10. The van der Waals surface area contributed by atoms with Crippen LogP contribution in [0.2, 0.25) is 0 Å². The molecule has 10 heteroatoms. The van der Waals surface area contributed by atoms with Gasteiger partial charge in [0.15, 0.2) is 0 Å². The highest BCUT2D eigenvalue weighted by molar-refractivity contribution is 6.09. The Balaban J connectivity index is 1.45. The first-order valence-corrected chi connectivity index (χ1v) is 13.9. The highest BCUT2D eigenvalue weighted by atomic mass is 15.5. The van der Waals surface area contributed by atoms with Gasteiger partial charge in [0, 0.05) is 32.3 Å². The van der Waals surface area contributed by atoms with Crippen LogP contribution in [-0.4, -0.2) is 45.0 Å². The number of rotatable bonds is 5. The van der Waals surface area contributed by atoms with E-state index in [0.29, 0.717) is 0 Å². The highest BCUT2D eigenvalue weighted by Gasteiger charge is 2.26. The van der Waals surface area contributed by atoms with Crippen LogP contribution in [-0.2, 0) is 21.1 Å². The lowest BCUT2D eigenvalue weighted by atomic mass is 10.0. The standard InChI is InChI=1S/C33H26N10/c1-40-34-25-15-10-16-26(31(25)37-40)43(27-19-17-23(21-11-6-4-7-12-21)29-32(27)38-41(2)35-29)28-20-18-24(22-13-8-5-9-14-22)30-33(28)39-42(3)36-30/h4-20H,1-3H3. The maximum Gasteiger partial charge on any atom is 0.137 e. The number of hydrogen-bond donors (Lipinski definition) is 0.